The molecule has 0 nitrogen and oxygen atoms in total. The summed E-state index contributed by atoms with van der Waals surface area (Å²) >= 11 is 0. The van der Waals surface area contributed by atoms with Gasteiger partial charge in [0.15, 0.2) is 0 Å². The third-order valence-corrected chi connectivity index (χ3v) is 5.34. The van der Waals surface area contributed by atoms with Crippen LogP contribution >= 0.6 is 7.92 Å². The zero-order chi connectivity index (χ0) is 12.0. The highest BCUT2D eigenvalue weighted by molar-refractivity contribution is 7.64. The number of rotatable bonds is 6. The number of hydrogen-bond donors (Lipinski definition) is 0. The van der Waals surface area contributed by atoms with Gasteiger partial charge >= 0.3 is 0 Å². The van der Waals surface area contributed by atoms with Gasteiger partial charge in [-0.3, -0.25) is 0 Å². The fourth-order valence-corrected chi connectivity index (χ4v) is 3.59. The molecule has 0 saturated carbocycles. The van der Waals surface area contributed by atoms with Gasteiger partial charge < -0.3 is 0 Å². The van der Waals surface area contributed by atoms with E-state index in [4.69, 9.17) is 0 Å². The van der Waals surface area contributed by atoms with Crippen molar-refractivity contribution in [2.24, 2.45) is 0 Å². The molecular formula is C15H25P. The summed E-state index contributed by atoms with van der Waals surface area (Å²) in [6.07, 6.45) is 6.34. The first-order chi connectivity index (χ1) is 7.74. The Labute approximate surface area is 102 Å². The van der Waals surface area contributed by atoms with Crippen molar-refractivity contribution in [3.05, 3.63) is 29.3 Å². The molecule has 90 valence electrons. The lowest BCUT2D eigenvalue weighted by atomic mass is 10.00. The van der Waals surface area contributed by atoms with Gasteiger partial charge in [0.25, 0.3) is 0 Å². The number of benzene rings is 1. The van der Waals surface area contributed by atoms with E-state index >= 15 is 0 Å². The minimum atomic E-state index is 0.0673. The van der Waals surface area contributed by atoms with Crippen molar-refractivity contribution in [2.75, 3.05) is 12.8 Å². The lowest BCUT2D eigenvalue weighted by Crippen LogP contribution is -2.12. The van der Waals surface area contributed by atoms with Crippen LogP contribution in [0.5, 0.6) is 0 Å². The fourth-order valence-electron chi connectivity index (χ4n) is 2.19. The monoisotopic (exact) mass is 236 g/mol. The molecule has 1 rings (SSSR count). The van der Waals surface area contributed by atoms with Gasteiger partial charge in [-0.1, -0.05) is 59.7 Å². The first-order valence-corrected chi connectivity index (χ1v) is 8.53. The molecule has 1 aromatic carbocycles. The molecule has 16 heavy (non-hydrogen) atoms. The first-order valence-electron chi connectivity index (χ1n) is 6.56. The van der Waals surface area contributed by atoms with Crippen LogP contribution in [0.1, 0.15) is 44.7 Å². The van der Waals surface area contributed by atoms with E-state index in [1.165, 1.54) is 31.8 Å². The topological polar surface area (TPSA) is 0 Å². The molecule has 0 fully saturated rings. The summed E-state index contributed by atoms with van der Waals surface area (Å²) in [5, 5.41) is 1.66. The van der Waals surface area contributed by atoms with Gasteiger partial charge in [-0.15, -0.1) is 0 Å². The normalized spacial score (nSPS) is 12.8. The number of hydrogen-bond acceptors (Lipinski definition) is 0. The highest BCUT2D eigenvalue weighted by Crippen LogP contribution is 2.31. The molecule has 1 atom stereocenters. The van der Waals surface area contributed by atoms with Crippen LogP contribution in [0, 0.1) is 0 Å². The smallest absolute Gasteiger partial charge is 0.0209 e. The van der Waals surface area contributed by atoms with E-state index in [0.29, 0.717) is 0 Å². The zero-order valence-corrected chi connectivity index (χ0v) is 12.1. The zero-order valence-electron chi connectivity index (χ0n) is 11.2. The summed E-state index contributed by atoms with van der Waals surface area (Å²) in [7, 11) is 0.0673. The highest BCUT2D eigenvalue weighted by Gasteiger charge is 2.11. The van der Waals surface area contributed by atoms with Crippen LogP contribution in [0.15, 0.2) is 18.2 Å². The lowest BCUT2D eigenvalue weighted by molar-refractivity contribution is 0.866. The molecule has 0 aliphatic heterocycles. The van der Waals surface area contributed by atoms with Crippen LogP contribution in [-0.2, 0) is 12.8 Å². The third-order valence-electron chi connectivity index (χ3n) is 3.15. The van der Waals surface area contributed by atoms with Gasteiger partial charge in [0, 0.05) is 0 Å². The average Bonchev–Trinajstić information content (AvgIpc) is 2.31. The van der Waals surface area contributed by atoms with Crippen LogP contribution in [0.2, 0.25) is 0 Å². The van der Waals surface area contributed by atoms with Crippen molar-refractivity contribution in [1.82, 2.24) is 0 Å². The molecule has 0 heterocycles. The summed E-state index contributed by atoms with van der Waals surface area (Å²) in [5.74, 6) is 0. The maximum atomic E-state index is 2.42. The van der Waals surface area contributed by atoms with Crippen molar-refractivity contribution in [2.45, 2.75) is 46.5 Å². The summed E-state index contributed by atoms with van der Waals surface area (Å²) in [4.78, 5) is 0. The molecule has 0 bridgehead atoms. The Morgan fingerprint density at radius 1 is 1.00 bits per heavy atom. The van der Waals surface area contributed by atoms with Gasteiger partial charge in [-0.2, -0.15) is 0 Å². The largest absolute Gasteiger partial charge is 0.0785 e. The Morgan fingerprint density at radius 3 is 2.25 bits per heavy atom. The van der Waals surface area contributed by atoms with Crippen molar-refractivity contribution in [1.29, 1.82) is 0 Å². The van der Waals surface area contributed by atoms with Gasteiger partial charge in [-0.05, 0) is 42.1 Å². The molecule has 1 unspecified atom stereocenters. The van der Waals surface area contributed by atoms with E-state index in [9.17, 15) is 0 Å². The Balaban J connectivity index is 3.09. The quantitative estimate of drug-likeness (QED) is 0.644. The first kappa shape index (κ1) is 13.7. The van der Waals surface area contributed by atoms with E-state index < -0.39 is 0 Å². The minimum Gasteiger partial charge on any atom is -0.0785 e. The molecule has 0 spiro atoms. The Morgan fingerprint density at radius 2 is 1.69 bits per heavy atom. The van der Waals surface area contributed by atoms with Gasteiger partial charge in [0.2, 0.25) is 0 Å². The average molecular weight is 236 g/mol. The Bertz CT molecular complexity index is 317. The molecule has 1 heteroatoms. The lowest BCUT2D eigenvalue weighted by Gasteiger charge is -2.18. The van der Waals surface area contributed by atoms with Crippen LogP contribution in [-0.4, -0.2) is 12.8 Å². The van der Waals surface area contributed by atoms with Crippen LogP contribution in [0.25, 0.3) is 0 Å². The van der Waals surface area contributed by atoms with E-state index in [0.717, 1.165) is 0 Å². The summed E-state index contributed by atoms with van der Waals surface area (Å²) in [5.41, 5.74) is 3.27. The molecule has 0 N–H and O–H groups in total. The van der Waals surface area contributed by atoms with E-state index in [-0.39, 0.29) is 7.92 Å². The second kappa shape index (κ2) is 7.07. The number of aryl methyl sites for hydroxylation is 1. The second-order valence-electron chi connectivity index (χ2n) is 4.43. The van der Waals surface area contributed by atoms with Crippen LogP contribution in [0.4, 0.5) is 0 Å². The van der Waals surface area contributed by atoms with Crippen molar-refractivity contribution >= 4 is 13.2 Å². The SMILES string of the molecule is CCCc1cccc(P(C)CC)c1CCC. The molecule has 1 aromatic rings. The Hall–Kier alpha value is -0.350. The molecule has 0 aliphatic carbocycles. The Kier molecular flexibility index (Phi) is 6.06. The van der Waals surface area contributed by atoms with Gasteiger partial charge in [0.05, 0.1) is 0 Å². The van der Waals surface area contributed by atoms with E-state index in [2.05, 4.69) is 45.6 Å². The van der Waals surface area contributed by atoms with E-state index in [1.54, 1.807) is 16.4 Å². The van der Waals surface area contributed by atoms with Gasteiger partial charge in [0.1, 0.15) is 0 Å². The maximum absolute atomic E-state index is 2.42. The van der Waals surface area contributed by atoms with Crippen LogP contribution < -0.4 is 5.30 Å². The third kappa shape index (κ3) is 3.32. The van der Waals surface area contributed by atoms with Gasteiger partial charge in [-0.25, -0.2) is 0 Å². The summed E-state index contributed by atoms with van der Waals surface area (Å²) in [6, 6.07) is 6.95. The molecule has 0 aliphatic rings. The maximum Gasteiger partial charge on any atom is -0.0209 e. The minimum absolute atomic E-state index is 0.0673. The predicted octanol–water partition coefficient (Wildman–Crippen LogP) is 4.35. The molecule has 0 amide bonds. The van der Waals surface area contributed by atoms with Crippen molar-refractivity contribution in [3.63, 3.8) is 0 Å². The van der Waals surface area contributed by atoms with Crippen molar-refractivity contribution < 1.29 is 0 Å². The summed E-state index contributed by atoms with van der Waals surface area (Å²) in [6.45, 7) is 9.29. The predicted molar refractivity (Wildman–Crippen MR) is 77.5 cm³/mol. The van der Waals surface area contributed by atoms with Crippen molar-refractivity contribution in [3.8, 4) is 0 Å². The highest BCUT2D eigenvalue weighted by atomic mass is 31.1. The fraction of sp³-hybridized carbons (Fsp3) is 0.600. The standard InChI is InChI=1S/C15H25P/c1-5-9-13-11-8-12-15(16(4)7-3)14(13)10-6-2/h8,11-12H,5-7,9-10H2,1-4H3. The molecule has 0 aromatic heterocycles. The summed E-state index contributed by atoms with van der Waals surface area (Å²) < 4.78 is 0. The molecule has 0 saturated heterocycles. The molecular weight excluding hydrogens is 211 g/mol. The van der Waals surface area contributed by atoms with E-state index in [1.807, 2.05) is 0 Å². The second-order valence-corrected chi connectivity index (χ2v) is 6.94. The van der Waals surface area contributed by atoms with Crippen LogP contribution in [0.3, 0.4) is 0 Å². The molecule has 0 radical (unpaired) electrons.